The van der Waals surface area contributed by atoms with E-state index in [2.05, 4.69) is 10.4 Å². The molecule has 1 amide bonds. The molecule has 0 saturated heterocycles. The third-order valence-corrected chi connectivity index (χ3v) is 4.37. The number of thioether (sulfide) groups is 1. The Morgan fingerprint density at radius 3 is 2.78 bits per heavy atom. The molecule has 0 bridgehead atoms. The minimum atomic E-state index is -1.21. The first kappa shape index (κ1) is 20.1. The highest BCUT2D eigenvalue weighted by Crippen LogP contribution is 2.20. The topological polar surface area (TPSA) is 73.2 Å². The number of esters is 1. The molecule has 9 heteroatoms. The van der Waals surface area contributed by atoms with Crippen LogP contribution in [0.3, 0.4) is 0 Å². The van der Waals surface area contributed by atoms with Crippen LogP contribution < -0.4 is 5.32 Å². The number of ether oxygens (including phenoxy) is 1. The van der Waals surface area contributed by atoms with Gasteiger partial charge in [-0.3, -0.25) is 9.48 Å². The lowest BCUT2D eigenvalue weighted by Crippen LogP contribution is -2.53. The van der Waals surface area contributed by atoms with Crippen LogP contribution in [0, 0.1) is 0 Å². The third-order valence-electron chi connectivity index (χ3n) is 3.34. The highest BCUT2D eigenvalue weighted by molar-refractivity contribution is 7.98. The van der Waals surface area contributed by atoms with Gasteiger partial charge >= 0.3 is 5.97 Å². The fraction of sp³-hybridized carbons (Fsp3) is 0.643. The van der Waals surface area contributed by atoms with E-state index >= 15 is 0 Å². The van der Waals surface area contributed by atoms with Crippen molar-refractivity contribution in [1.29, 1.82) is 0 Å². The molecule has 0 spiro atoms. The predicted octanol–water partition coefficient (Wildman–Crippen LogP) is 2.49. The fourth-order valence-electron chi connectivity index (χ4n) is 2.03. The van der Waals surface area contributed by atoms with Crippen molar-refractivity contribution in [3.8, 4) is 0 Å². The molecule has 1 atom stereocenters. The zero-order chi connectivity index (χ0) is 17.5. The number of amides is 1. The number of aryl methyl sites for hydroxylation is 1. The van der Waals surface area contributed by atoms with Gasteiger partial charge in [0.2, 0.25) is 0 Å². The lowest BCUT2D eigenvalue weighted by atomic mass is 9.96. The van der Waals surface area contributed by atoms with E-state index in [4.69, 9.17) is 27.9 Å². The van der Waals surface area contributed by atoms with Gasteiger partial charge in [0.05, 0.1) is 13.7 Å². The Kier molecular flexibility index (Phi) is 8.22. The highest BCUT2D eigenvalue weighted by atomic mass is 35.5. The van der Waals surface area contributed by atoms with Gasteiger partial charge in [-0.05, 0) is 32.1 Å². The van der Waals surface area contributed by atoms with Gasteiger partial charge in [-0.15, -0.1) is 23.2 Å². The molecule has 0 aliphatic heterocycles. The molecule has 0 aromatic carbocycles. The average molecular weight is 382 g/mol. The van der Waals surface area contributed by atoms with Crippen LogP contribution in [0.4, 0.5) is 0 Å². The van der Waals surface area contributed by atoms with Crippen LogP contribution >= 0.6 is 35.0 Å². The highest BCUT2D eigenvalue weighted by Gasteiger charge is 2.37. The fourth-order valence-corrected chi connectivity index (χ4v) is 2.61. The Hall–Kier alpha value is -0.920. The third kappa shape index (κ3) is 5.90. The second kappa shape index (κ2) is 9.39. The van der Waals surface area contributed by atoms with Crippen LogP contribution in [-0.4, -0.2) is 51.2 Å². The van der Waals surface area contributed by atoms with Gasteiger partial charge < -0.3 is 10.1 Å². The summed E-state index contributed by atoms with van der Waals surface area (Å²) in [5.41, 5.74) is -0.815. The number of halogens is 2. The molecule has 0 radical (unpaired) electrons. The van der Waals surface area contributed by atoms with Gasteiger partial charge in [0.15, 0.2) is 0 Å². The van der Waals surface area contributed by atoms with Gasteiger partial charge in [0.1, 0.15) is 16.1 Å². The summed E-state index contributed by atoms with van der Waals surface area (Å²) >= 11 is 13.1. The molecular weight excluding hydrogens is 361 g/mol. The number of hydrogen-bond acceptors (Lipinski definition) is 5. The number of aromatic nitrogens is 2. The lowest BCUT2D eigenvalue weighted by molar-refractivity contribution is -0.147. The normalized spacial score (nSPS) is 13.7. The van der Waals surface area contributed by atoms with Crippen LogP contribution in [0.25, 0.3) is 0 Å². The van der Waals surface area contributed by atoms with Crippen molar-refractivity contribution in [3.63, 3.8) is 0 Å². The number of carbonyl (C=O) groups is 2. The van der Waals surface area contributed by atoms with Crippen LogP contribution in [0.1, 0.15) is 30.3 Å². The minimum absolute atomic E-state index is 0.266. The number of nitrogens with one attached hydrogen (secondary N) is 1. The van der Waals surface area contributed by atoms with Gasteiger partial charge in [0.25, 0.3) is 5.91 Å². The maximum Gasteiger partial charge on any atom is 0.331 e. The monoisotopic (exact) mass is 381 g/mol. The Bertz CT molecular complexity index is 539. The number of nitrogens with zero attached hydrogens (tertiary/aromatic N) is 2. The summed E-state index contributed by atoms with van der Waals surface area (Å²) in [6, 6.07) is 1.61. The molecule has 1 heterocycles. The van der Waals surface area contributed by atoms with E-state index < -0.39 is 22.3 Å². The quantitative estimate of drug-likeness (QED) is 0.525. The maximum absolute atomic E-state index is 12.5. The molecule has 1 rings (SSSR count). The van der Waals surface area contributed by atoms with E-state index in [9.17, 15) is 9.59 Å². The Labute approximate surface area is 150 Å². The largest absolute Gasteiger partial charge is 0.467 e. The van der Waals surface area contributed by atoms with E-state index in [0.717, 1.165) is 5.75 Å². The molecule has 0 unspecified atom stereocenters. The van der Waals surface area contributed by atoms with E-state index in [1.165, 1.54) is 7.11 Å². The number of alkyl halides is 2. The molecule has 0 aliphatic rings. The van der Waals surface area contributed by atoms with Gasteiger partial charge in [0, 0.05) is 11.9 Å². The van der Waals surface area contributed by atoms with Gasteiger partial charge in [-0.2, -0.15) is 16.9 Å². The number of rotatable bonds is 9. The lowest BCUT2D eigenvalue weighted by Gasteiger charge is -2.28. The first-order valence-electron chi connectivity index (χ1n) is 7.04. The van der Waals surface area contributed by atoms with Crippen molar-refractivity contribution in [3.05, 3.63) is 18.0 Å². The summed E-state index contributed by atoms with van der Waals surface area (Å²) in [7, 11) is 1.27. The number of hydrogen-bond donors (Lipinski definition) is 1. The smallest absolute Gasteiger partial charge is 0.331 e. The SMILES string of the molecule is COC(=O)[C@](C)(CCC(Cl)Cl)NC(=O)c1ccnn1CCSC. The second-order valence-electron chi connectivity index (χ2n) is 5.14. The van der Waals surface area contributed by atoms with E-state index in [0.29, 0.717) is 18.7 Å². The summed E-state index contributed by atoms with van der Waals surface area (Å²) in [4.78, 5) is 24.0. The van der Waals surface area contributed by atoms with Gasteiger partial charge in [-0.1, -0.05) is 0 Å². The second-order valence-corrected chi connectivity index (χ2v) is 7.40. The first-order valence-corrected chi connectivity index (χ1v) is 9.30. The predicted molar refractivity (Wildman–Crippen MR) is 93.2 cm³/mol. The van der Waals surface area contributed by atoms with Crippen molar-refractivity contribution < 1.29 is 14.3 Å². The van der Waals surface area contributed by atoms with E-state index in [1.807, 2.05) is 6.26 Å². The molecule has 23 heavy (non-hydrogen) atoms. The summed E-state index contributed by atoms with van der Waals surface area (Å²) in [6.07, 6.45) is 4.15. The maximum atomic E-state index is 12.5. The minimum Gasteiger partial charge on any atom is -0.467 e. The average Bonchev–Trinajstić information content (AvgIpc) is 2.98. The Morgan fingerprint density at radius 2 is 2.22 bits per heavy atom. The van der Waals surface area contributed by atoms with E-state index in [-0.39, 0.29) is 6.42 Å². The zero-order valence-electron chi connectivity index (χ0n) is 13.3. The molecule has 0 fully saturated rings. The van der Waals surface area contributed by atoms with Crippen molar-refractivity contribution >= 4 is 46.8 Å². The summed E-state index contributed by atoms with van der Waals surface area (Å²) in [6.45, 7) is 2.20. The number of methoxy groups -OCH3 is 1. The van der Waals surface area contributed by atoms with Gasteiger partial charge in [-0.25, -0.2) is 4.79 Å². The molecule has 1 N–H and O–H groups in total. The molecule has 1 aromatic heterocycles. The summed E-state index contributed by atoms with van der Waals surface area (Å²) < 4.78 is 6.40. The molecule has 130 valence electrons. The summed E-state index contributed by atoms with van der Waals surface area (Å²) in [5, 5.41) is 6.85. The Morgan fingerprint density at radius 1 is 1.52 bits per heavy atom. The summed E-state index contributed by atoms with van der Waals surface area (Å²) in [5.74, 6) is -0.108. The number of carbonyl (C=O) groups excluding carboxylic acids is 2. The van der Waals surface area contributed by atoms with Crippen molar-refractivity contribution in [1.82, 2.24) is 15.1 Å². The Balaban J connectivity index is 2.88. The van der Waals surface area contributed by atoms with Crippen LogP contribution in [0.15, 0.2) is 12.3 Å². The van der Waals surface area contributed by atoms with Crippen LogP contribution in [0.2, 0.25) is 0 Å². The molecule has 0 saturated carbocycles. The van der Waals surface area contributed by atoms with Crippen molar-refractivity contribution in [2.45, 2.75) is 36.7 Å². The standard InChI is InChI=1S/C14H21Cl2N3O3S/c1-14(13(21)22-2,6-4-11(15)16)18-12(20)10-5-7-17-19(10)8-9-23-3/h5,7,11H,4,6,8-9H2,1-3H3,(H,18,20)/t14-/m0/s1. The van der Waals surface area contributed by atoms with Crippen LogP contribution in [-0.2, 0) is 16.1 Å². The van der Waals surface area contributed by atoms with Crippen molar-refractivity contribution in [2.24, 2.45) is 0 Å². The molecule has 6 nitrogen and oxygen atoms in total. The van der Waals surface area contributed by atoms with Crippen molar-refractivity contribution in [2.75, 3.05) is 19.1 Å². The zero-order valence-corrected chi connectivity index (χ0v) is 15.7. The molecule has 0 aliphatic carbocycles. The molecular formula is C14H21Cl2N3O3S. The van der Waals surface area contributed by atoms with E-state index in [1.54, 1.807) is 35.6 Å². The first-order chi connectivity index (χ1) is 10.8. The molecule has 1 aromatic rings. The van der Waals surface area contributed by atoms with Crippen LogP contribution in [0.5, 0.6) is 0 Å².